The summed E-state index contributed by atoms with van der Waals surface area (Å²) in [6.07, 6.45) is 3.54. The zero-order valence-electron chi connectivity index (χ0n) is 11.8. The Bertz CT molecular complexity index is 755. The molecule has 1 N–H and O–H groups in total. The Morgan fingerprint density at radius 3 is 2.68 bits per heavy atom. The van der Waals surface area contributed by atoms with Crippen molar-refractivity contribution < 1.29 is 8.42 Å². The zero-order valence-corrected chi connectivity index (χ0v) is 14.2. The van der Waals surface area contributed by atoms with Crippen LogP contribution in [0.4, 0.5) is 5.69 Å². The van der Waals surface area contributed by atoms with E-state index in [9.17, 15) is 8.42 Å². The van der Waals surface area contributed by atoms with Crippen molar-refractivity contribution >= 4 is 38.6 Å². The summed E-state index contributed by atoms with van der Waals surface area (Å²) in [5.41, 5.74) is 0.610. The van der Waals surface area contributed by atoms with Crippen molar-refractivity contribution in [3.63, 3.8) is 0 Å². The van der Waals surface area contributed by atoms with Crippen LogP contribution in [-0.2, 0) is 16.6 Å². The van der Waals surface area contributed by atoms with E-state index >= 15 is 0 Å². The van der Waals surface area contributed by atoms with Crippen LogP contribution in [0.15, 0.2) is 35.4 Å². The lowest BCUT2D eigenvalue weighted by Crippen LogP contribution is -2.28. The van der Waals surface area contributed by atoms with Crippen LogP contribution in [0.3, 0.4) is 0 Å². The topological polar surface area (TPSA) is 62.3 Å². The second-order valence-corrected chi connectivity index (χ2v) is 8.64. The fourth-order valence-corrected chi connectivity index (χ4v) is 5.06. The Labute approximate surface area is 139 Å². The molecule has 0 amide bonds. The lowest BCUT2D eigenvalue weighted by molar-refractivity contribution is 0.477. The van der Waals surface area contributed by atoms with E-state index in [1.54, 1.807) is 28.7 Å². The molecule has 5 nitrogen and oxygen atoms in total. The van der Waals surface area contributed by atoms with Gasteiger partial charge in [0.05, 0.1) is 12.2 Å². The number of thiazole rings is 1. The molecule has 2 heterocycles. The number of para-hydroxylation sites is 1. The molecule has 1 fully saturated rings. The Kier molecular flexibility index (Phi) is 4.67. The SMILES string of the molecule is O=S(=O)(c1ccccc1NCc1cnc(Cl)s1)N1CCCC1. The molecule has 22 heavy (non-hydrogen) atoms. The van der Waals surface area contributed by atoms with Gasteiger partial charge in [0, 0.05) is 24.2 Å². The normalized spacial score (nSPS) is 16.0. The molecular weight excluding hydrogens is 342 g/mol. The fraction of sp³-hybridized carbons (Fsp3) is 0.357. The Balaban J connectivity index is 1.83. The molecule has 1 saturated heterocycles. The van der Waals surface area contributed by atoms with E-state index < -0.39 is 10.0 Å². The summed E-state index contributed by atoms with van der Waals surface area (Å²) in [6, 6.07) is 7.00. The van der Waals surface area contributed by atoms with Gasteiger partial charge in [0.25, 0.3) is 0 Å². The van der Waals surface area contributed by atoms with Crippen molar-refractivity contribution in [1.29, 1.82) is 0 Å². The minimum atomic E-state index is -3.44. The van der Waals surface area contributed by atoms with Crippen molar-refractivity contribution in [2.24, 2.45) is 0 Å². The highest BCUT2D eigenvalue weighted by Crippen LogP contribution is 2.28. The van der Waals surface area contributed by atoms with Crippen LogP contribution in [0.1, 0.15) is 17.7 Å². The maximum atomic E-state index is 12.7. The monoisotopic (exact) mass is 357 g/mol. The highest BCUT2D eigenvalue weighted by molar-refractivity contribution is 7.89. The first kappa shape index (κ1) is 15.7. The van der Waals surface area contributed by atoms with Gasteiger partial charge < -0.3 is 5.32 Å². The molecule has 2 aromatic rings. The first-order chi connectivity index (χ1) is 10.6. The second kappa shape index (κ2) is 6.54. The van der Waals surface area contributed by atoms with Gasteiger partial charge in [0.1, 0.15) is 4.90 Å². The van der Waals surface area contributed by atoms with Gasteiger partial charge in [0.15, 0.2) is 4.47 Å². The van der Waals surface area contributed by atoms with Crippen LogP contribution in [0.5, 0.6) is 0 Å². The highest BCUT2D eigenvalue weighted by Gasteiger charge is 2.29. The third-order valence-electron chi connectivity index (χ3n) is 3.55. The number of anilines is 1. The quantitative estimate of drug-likeness (QED) is 0.892. The van der Waals surface area contributed by atoms with E-state index in [0.29, 0.717) is 34.7 Å². The molecule has 1 aliphatic rings. The van der Waals surface area contributed by atoms with Crippen LogP contribution < -0.4 is 5.32 Å². The number of aromatic nitrogens is 1. The van der Waals surface area contributed by atoms with Crippen molar-refractivity contribution in [1.82, 2.24) is 9.29 Å². The number of nitrogens with one attached hydrogen (secondary N) is 1. The number of nitrogens with zero attached hydrogens (tertiary/aromatic N) is 2. The summed E-state index contributed by atoms with van der Waals surface area (Å²) in [7, 11) is -3.44. The summed E-state index contributed by atoms with van der Waals surface area (Å²) in [4.78, 5) is 5.26. The minimum Gasteiger partial charge on any atom is -0.379 e. The van der Waals surface area contributed by atoms with Gasteiger partial charge in [-0.25, -0.2) is 13.4 Å². The number of hydrogen-bond acceptors (Lipinski definition) is 5. The molecule has 8 heteroatoms. The molecule has 0 saturated carbocycles. The summed E-state index contributed by atoms with van der Waals surface area (Å²) < 4.78 is 27.5. The van der Waals surface area contributed by atoms with E-state index in [1.807, 2.05) is 6.07 Å². The van der Waals surface area contributed by atoms with Crippen molar-refractivity contribution in [2.45, 2.75) is 24.3 Å². The van der Waals surface area contributed by atoms with Gasteiger partial charge >= 0.3 is 0 Å². The summed E-state index contributed by atoms with van der Waals surface area (Å²) >= 11 is 7.19. The van der Waals surface area contributed by atoms with Gasteiger partial charge in [-0.15, -0.1) is 11.3 Å². The van der Waals surface area contributed by atoms with Crippen LogP contribution in [0.2, 0.25) is 4.47 Å². The van der Waals surface area contributed by atoms with Crippen LogP contribution >= 0.6 is 22.9 Å². The number of hydrogen-bond donors (Lipinski definition) is 1. The van der Waals surface area contributed by atoms with E-state index in [1.165, 1.54) is 11.3 Å². The van der Waals surface area contributed by atoms with E-state index in [0.717, 1.165) is 17.7 Å². The first-order valence-corrected chi connectivity index (χ1v) is 9.64. The van der Waals surface area contributed by atoms with E-state index in [4.69, 9.17) is 11.6 Å². The summed E-state index contributed by atoms with van der Waals surface area (Å²) in [5.74, 6) is 0. The molecule has 0 spiro atoms. The molecule has 0 radical (unpaired) electrons. The van der Waals surface area contributed by atoms with Gasteiger partial charge in [-0.1, -0.05) is 23.7 Å². The van der Waals surface area contributed by atoms with Gasteiger partial charge in [0.2, 0.25) is 10.0 Å². The van der Waals surface area contributed by atoms with Crippen LogP contribution in [0, 0.1) is 0 Å². The standard InChI is InChI=1S/C14H16ClN3O2S2/c15-14-17-10-11(21-14)9-16-12-5-1-2-6-13(12)22(19,20)18-7-3-4-8-18/h1-2,5-6,10,16H,3-4,7-9H2. The first-order valence-electron chi connectivity index (χ1n) is 7.00. The van der Waals surface area contributed by atoms with Gasteiger partial charge in [-0.3, -0.25) is 0 Å². The number of benzene rings is 1. The predicted molar refractivity (Wildman–Crippen MR) is 88.9 cm³/mol. The third kappa shape index (κ3) is 3.27. The van der Waals surface area contributed by atoms with E-state index in [2.05, 4.69) is 10.3 Å². The molecule has 0 aliphatic carbocycles. The maximum Gasteiger partial charge on any atom is 0.245 e. The summed E-state index contributed by atoms with van der Waals surface area (Å²) in [6.45, 7) is 1.69. The molecule has 1 aliphatic heterocycles. The van der Waals surface area contributed by atoms with Gasteiger partial charge in [-0.05, 0) is 25.0 Å². The Hall–Kier alpha value is -1.15. The molecule has 1 aromatic carbocycles. The Morgan fingerprint density at radius 2 is 2.00 bits per heavy atom. The fourth-order valence-electron chi connectivity index (χ4n) is 2.45. The van der Waals surface area contributed by atoms with Crippen molar-refractivity contribution in [3.05, 3.63) is 39.8 Å². The lowest BCUT2D eigenvalue weighted by Gasteiger charge is -2.18. The minimum absolute atomic E-state index is 0.326. The number of rotatable bonds is 5. The van der Waals surface area contributed by atoms with Gasteiger partial charge in [-0.2, -0.15) is 4.31 Å². The average molecular weight is 358 g/mol. The molecule has 3 rings (SSSR count). The van der Waals surface area contributed by atoms with Crippen LogP contribution in [0.25, 0.3) is 0 Å². The highest BCUT2D eigenvalue weighted by atomic mass is 35.5. The lowest BCUT2D eigenvalue weighted by atomic mass is 10.3. The van der Waals surface area contributed by atoms with Crippen molar-refractivity contribution in [2.75, 3.05) is 18.4 Å². The summed E-state index contributed by atoms with van der Waals surface area (Å²) in [5, 5.41) is 3.18. The molecule has 0 atom stereocenters. The molecule has 118 valence electrons. The third-order valence-corrected chi connectivity index (χ3v) is 6.62. The number of halogens is 1. The van der Waals surface area contributed by atoms with Crippen molar-refractivity contribution in [3.8, 4) is 0 Å². The largest absolute Gasteiger partial charge is 0.379 e. The molecule has 1 aromatic heterocycles. The second-order valence-electron chi connectivity index (χ2n) is 5.04. The predicted octanol–water partition coefficient (Wildman–Crippen LogP) is 3.19. The molecule has 0 bridgehead atoms. The smallest absolute Gasteiger partial charge is 0.245 e. The Morgan fingerprint density at radius 1 is 1.27 bits per heavy atom. The average Bonchev–Trinajstić information content (AvgIpc) is 3.17. The molecule has 0 unspecified atom stereocenters. The maximum absolute atomic E-state index is 12.7. The molecular formula is C14H16ClN3O2S2. The zero-order chi connectivity index (χ0) is 15.6. The van der Waals surface area contributed by atoms with Crippen LogP contribution in [-0.4, -0.2) is 30.8 Å². The van der Waals surface area contributed by atoms with E-state index in [-0.39, 0.29) is 0 Å². The number of sulfonamides is 1.